The second-order valence-corrected chi connectivity index (χ2v) is 7.29. The molecule has 2 aromatic carbocycles. The zero-order valence-corrected chi connectivity index (χ0v) is 16.3. The van der Waals surface area contributed by atoms with Crippen LogP contribution < -0.4 is 15.1 Å². The fourth-order valence-electron chi connectivity index (χ4n) is 3.40. The Balaban J connectivity index is 1.56. The number of benzene rings is 2. The number of nitrogens with one attached hydrogen (secondary N) is 2. The maximum Gasteiger partial charge on any atom is 0.211 e. The fraction of sp³-hybridized carbons (Fsp3) is 0.200. The molecule has 0 radical (unpaired) electrons. The van der Waals surface area contributed by atoms with Crippen molar-refractivity contribution in [3.63, 3.8) is 0 Å². The molecule has 0 unspecified atom stereocenters. The van der Waals surface area contributed by atoms with E-state index in [1.165, 1.54) is 5.69 Å². The van der Waals surface area contributed by atoms with Crippen molar-refractivity contribution >= 4 is 39.5 Å². The molecule has 0 saturated carbocycles. The summed E-state index contributed by atoms with van der Waals surface area (Å²) in [6.07, 6.45) is 0.705. The highest BCUT2D eigenvalue weighted by Crippen LogP contribution is 2.35. The highest BCUT2D eigenvalue weighted by Gasteiger charge is 2.24. The molecule has 3 aromatic rings. The zero-order valence-electron chi connectivity index (χ0n) is 14.7. The van der Waals surface area contributed by atoms with Crippen molar-refractivity contribution in [2.24, 2.45) is 0 Å². The number of H-pyrrole nitrogens is 1. The number of piperazine rings is 1. The maximum absolute atomic E-state index is 11.2. The molecule has 4 rings (SSSR count). The SMILES string of the molecule is O=CNc1c(N2CCN(c3ccccc3)CC2)n[nH]c1-c1ccc(Br)cc1. The number of hydrogen-bond donors (Lipinski definition) is 2. The number of carbonyl (C=O) groups is 1. The molecule has 1 aliphatic rings. The van der Waals surface area contributed by atoms with Crippen molar-refractivity contribution in [3.8, 4) is 11.3 Å². The Bertz CT molecular complexity index is 902. The number of amides is 1. The van der Waals surface area contributed by atoms with Crippen molar-refractivity contribution < 1.29 is 4.79 Å². The largest absolute Gasteiger partial charge is 0.368 e. The highest BCUT2D eigenvalue weighted by atomic mass is 79.9. The average Bonchev–Trinajstić information content (AvgIpc) is 3.13. The van der Waals surface area contributed by atoms with Gasteiger partial charge in [0.15, 0.2) is 5.82 Å². The molecule has 0 aliphatic carbocycles. The third kappa shape index (κ3) is 3.68. The van der Waals surface area contributed by atoms with Crippen LogP contribution in [0.25, 0.3) is 11.3 Å². The van der Waals surface area contributed by atoms with Gasteiger partial charge < -0.3 is 15.1 Å². The Morgan fingerprint density at radius 3 is 2.30 bits per heavy atom. The second-order valence-electron chi connectivity index (χ2n) is 6.38. The lowest BCUT2D eigenvalue weighted by Gasteiger charge is -2.36. The number of aromatic nitrogens is 2. The number of carbonyl (C=O) groups excluding carboxylic acids is 1. The van der Waals surface area contributed by atoms with E-state index >= 15 is 0 Å². The van der Waals surface area contributed by atoms with Gasteiger partial charge in [-0.1, -0.05) is 46.3 Å². The van der Waals surface area contributed by atoms with Crippen molar-refractivity contribution in [2.45, 2.75) is 0 Å². The Hall–Kier alpha value is -2.80. The second kappa shape index (κ2) is 7.84. The van der Waals surface area contributed by atoms with Crippen molar-refractivity contribution in [2.75, 3.05) is 41.3 Å². The van der Waals surface area contributed by atoms with Crippen LogP contribution in [0.2, 0.25) is 0 Å². The molecule has 1 fully saturated rings. The Morgan fingerprint density at radius 2 is 1.63 bits per heavy atom. The first-order valence-corrected chi connectivity index (χ1v) is 9.65. The molecule has 138 valence electrons. The van der Waals surface area contributed by atoms with E-state index in [1.54, 1.807) is 0 Å². The van der Waals surface area contributed by atoms with Crippen LogP contribution in [0.15, 0.2) is 59.1 Å². The standard InChI is InChI=1S/C20H20BrN5O/c21-16-8-6-15(7-9-16)18-19(22-14-27)20(24-23-18)26-12-10-25(11-13-26)17-4-2-1-3-5-17/h1-9,14H,10-13H2,(H,22,27)(H,23,24). The quantitative estimate of drug-likeness (QED) is 0.611. The van der Waals surface area contributed by atoms with E-state index in [0.717, 1.165) is 53.4 Å². The first kappa shape index (κ1) is 17.6. The predicted molar refractivity (Wildman–Crippen MR) is 112 cm³/mol. The predicted octanol–water partition coefficient (Wildman–Crippen LogP) is 3.73. The molecule has 2 heterocycles. The lowest BCUT2D eigenvalue weighted by molar-refractivity contribution is -0.105. The highest BCUT2D eigenvalue weighted by molar-refractivity contribution is 9.10. The molecular weight excluding hydrogens is 406 g/mol. The Kier molecular flexibility index (Phi) is 5.11. The number of para-hydroxylation sites is 1. The molecule has 0 spiro atoms. The van der Waals surface area contributed by atoms with Crippen LogP contribution >= 0.6 is 15.9 Å². The monoisotopic (exact) mass is 425 g/mol. The normalized spacial score (nSPS) is 14.3. The first-order chi connectivity index (χ1) is 13.3. The van der Waals surface area contributed by atoms with Gasteiger partial charge in [-0.2, -0.15) is 5.10 Å². The van der Waals surface area contributed by atoms with Gasteiger partial charge in [0.05, 0.1) is 5.69 Å². The summed E-state index contributed by atoms with van der Waals surface area (Å²) in [5.74, 6) is 0.785. The molecule has 2 N–H and O–H groups in total. The number of halogens is 1. The molecule has 1 aliphatic heterocycles. The van der Waals surface area contributed by atoms with Crippen LogP contribution in [-0.2, 0) is 4.79 Å². The van der Waals surface area contributed by atoms with Gasteiger partial charge >= 0.3 is 0 Å². The smallest absolute Gasteiger partial charge is 0.211 e. The third-order valence-electron chi connectivity index (χ3n) is 4.78. The zero-order chi connectivity index (χ0) is 18.6. The van der Waals surface area contributed by atoms with Crippen LogP contribution in [0.3, 0.4) is 0 Å². The fourth-order valence-corrected chi connectivity index (χ4v) is 3.66. The van der Waals surface area contributed by atoms with Gasteiger partial charge in [0.1, 0.15) is 5.69 Å². The minimum atomic E-state index is 0.705. The molecule has 1 aromatic heterocycles. The average molecular weight is 426 g/mol. The third-order valence-corrected chi connectivity index (χ3v) is 5.31. The Labute approximate surface area is 166 Å². The Morgan fingerprint density at radius 1 is 0.963 bits per heavy atom. The maximum atomic E-state index is 11.2. The molecule has 27 heavy (non-hydrogen) atoms. The lowest BCUT2D eigenvalue weighted by Crippen LogP contribution is -2.46. The summed E-state index contributed by atoms with van der Waals surface area (Å²) in [7, 11) is 0. The van der Waals surface area contributed by atoms with Crippen molar-refractivity contribution in [3.05, 3.63) is 59.1 Å². The van der Waals surface area contributed by atoms with Crippen LogP contribution in [-0.4, -0.2) is 42.8 Å². The van der Waals surface area contributed by atoms with E-state index in [9.17, 15) is 4.79 Å². The molecule has 1 saturated heterocycles. The molecule has 0 bridgehead atoms. The summed E-state index contributed by atoms with van der Waals surface area (Å²) in [6, 6.07) is 18.3. The summed E-state index contributed by atoms with van der Waals surface area (Å²) in [5.41, 5.74) is 3.75. The number of aromatic amines is 1. The molecule has 0 atom stereocenters. The topological polar surface area (TPSA) is 64.3 Å². The van der Waals surface area contributed by atoms with E-state index in [2.05, 4.69) is 65.5 Å². The minimum absolute atomic E-state index is 0.705. The molecule has 1 amide bonds. The summed E-state index contributed by atoms with van der Waals surface area (Å²) in [6.45, 7) is 3.50. The van der Waals surface area contributed by atoms with Crippen LogP contribution in [0, 0.1) is 0 Å². The number of anilines is 3. The molecule has 6 nitrogen and oxygen atoms in total. The van der Waals surface area contributed by atoms with E-state index in [-0.39, 0.29) is 0 Å². The van der Waals surface area contributed by atoms with E-state index < -0.39 is 0 Å². The van der Waals surface area contributed by atoms with E-state index in [0.29, 0.717) is 6.41 Å². The first-order valence-electron chi connectivity index (χ1n) is 8.85. The lowest BCUT2D eigenvalue weighted by atomic mass is 10.1. The van der Waals surface area contributed by atoms with Gasteiger partial charge in [-0.15, -0.1) is 0 Å². The summed E-state index contributed by atoms with van der Waals surface area (Å²) >= 11 is 3.45. The summed E-state index contributed by atoms with van der Waals surface area (Å²) in [5, 5.41) is 10.4. The van der Waals surface area contributed by atoms with Gasteiger partial charge in [0.25, 0.3) is 0 Å². The number of rotatable bonds is 5. The summed E-state index contributed by atoms with van der Waals surface area (Å²) in [4.78, 5) is 15.8. The van der Waals surface area contributed by atoms with E-state index in [1.807, 2.05) is 30.3 Å². The number of hydrogen-bond acceptors (Lipinski definition) is 4. The van der Waals surface area contributed by atoms with Gasteiger partial charge in [-0.3, -0.25) is 9.89 Å². The number of nitrogens with zero attached hydrogens (tertiary/aromatic N) is 3. The molecular formula is C20H20BrN5O. The van der Waals surface area contributed by atoms with Gasteiger partial charge in [0.2, 0.25) is 6.41 Å². The summed E-state index contributed by atoms with van der Waals surface area (Å²) < 4.78 is 1.01. The van der Waals surface area contributed by atoms with Gasteiger partial charge in [-0.25, -0.2) is 0 Å². The van der Waals surface area contributed by atoms with Crippen LogP contribution in [0.4, 0.5) is 17.2 Å². The van der Waals surface area contributed by atoms with Crippen molar-refractivity contribution in [1.29, 1.82) is 0 Å². The van der Waals surface area contributed by atoms with Crippen LogP contribution in [0.1, 0.15) is 0 Å². The van der Waals surface area contributed by atoms with Gasteiger partial charge in [-0.05, 0) is 24.3 Å². The van der Waals surface area contributed by atoms with Crippen LogP contribution in [0.5, 0.6) is 0 Å². The van der Waals surface area contributed by atoms with Crippen molar-refractivity contribution in [1.82, 2.24) is 10.2 Å². The molecule has 7 heteroatoms. The van der Waals surface area contributed by atoms with E-state index in [4.69, 9.17) is 0 Å². The van der Waals surface area contributed by atoms with Gasteiger partial charge in [0, 0.05) is 41.9 Å². The minimum Gasteiger partial charge on any atom is -0.368 e.